The van der Waals surface area contributed by atoms with E-state index in [-0.39, 0.29) is 0 Å². The van der Waals surface area contributed by atoms with Gasteiger partial charge >= 0.3 is 0 Å². The van der Waals surface area contributed by atoms with Crippen LogP contribution >= 0.6 is 0 Å². The molecule has 3 aromatic heterocycles. The van der Waals surface area contributed by atoms with E-state index in [1.54, 1.807) is 0 Å². The Morgan fingerprint density at radius 2 is 1.76 bits per heavy atom. The number of hydrogen-bond acceptors (Lipinski definition) is 7. The van der Waals surface area contributed by atoms with Crippen molar-refractivity contribution in [1.82, 2.24) is 24.8 Å². The maximum atomic E-state index is 5.58. The highest BCUT2D eigenvalue weighted by Gasteiger charge is 2.39. The summed E-state index contributed by atoms with van der Waals surface area (Å²) < 4.78 is 5.58. The Bertz CT molecular complexity index is 1220. The largest absolute Gasteiger partial charge is 0.441 e. The van der Waals surface area contributed by atoms with Gasteiger partial charge in [-0.15, -0.1) is 0 Å². The Balaban J connectivity index is 1.34. The van der Waals surface area contributed by atoms with E-state index in [0.29, 0.717) is 11.5 Å². The summed E-state index contributed by atoms with van der Waals surface area (Å²) in [5.74, 6) is 3.06. The smallest absolute Gasteiger partial charge is 0.192 e. The molecule has 7 nitrogen and oxygen atoms in total. The molecule has 146 valence electrons. The third kappa shape index (κ3) is 2.84. The molecule has 2 atom stereocenters. The summed E-state index contributed by atoms with van der Waals surface area (Å²) in [6.45, 7) is 6.31. The summed E-state index contributed by atoms with van der Waals surface area (Å²) >= 11 is 0. The SMILES string of the molecule is Cc1nc2cc(-c3ccc4ncc(N5CC6CN(C)CC6C5)nc4n3)ccc2o1. The molecule has 0 bridgehead atoms. The lowest BCUT2D eigenvalue weighted by atomic mass is 10.0. The third-order valence-electron chi connectivity index (χ3n) is 6.18. The minimum absolute atomic E-state index is 0.667. The van der Waals surface area contributed by atoms with Gasteiger partial charge in [0, 0.05) is 38.7 Å². The van der Waals surface area contributed by atoms with Crippen molar-refractivity contribution in [3.63, 3.8) is 0 Å². The summed E-state index contributed by atoms with van der Waals surface area (Å²) in [5.41, 5.74) is 5.00. The Labute approximate surface area is 168 Å². The monoisotopic (exact) mass is 386 g/mol. The van der Waals surface area contributed by atoms with Gasteiger partial charge in [0.25, 0.3) is 0 Å². The number of anilines is 1. The number of aryl methyl sites for hydroxylation is 1. The van der Waals surface area contributed by atoms with Crippen LogP contribution in [-0.4, -0.2) is 58.1 Å². The lowest BCUT2D eigenvalue weighted by Crippen LogP contribution is -2.27. The van der Waals surface area contributed by atoms with E-state index in [1.165, 1.54) is 13.1 Å². The van der Waals surface area contributed by atoms with Crippen LogP contribution in [0.2, 0.25) is 0 Å². The van der Waals surface area contributed by atoms with Crippen LogP contribution in [0.4, 0.5) is 5.82 Å². The number of pyridine rings is 1. The van der Waals surface area contributed by atoms with Crippen LogP contribution < -0.4 is 4.90 Å². The topological polar surface area (TPSA) is 71.2 Å². The van der Waals surface area contributed by atoms with E-state index < -0.39 is 0 Å². The second-order valence-corrected chi connectivity index (χ2v) is 8.33. The molecule has 0 aliphatic carbocycles. The van der Waals surface area contributed by atoms with Crippen molar-refractivity contribution in [3.05, 3.63) is 42.4 Å². The van der Waals surface area contributed by atoms with E-state index in [2.05, 4.69) is 26.8 Å². The fourth-order valence-corrected chi connectivity index (χ4v) is 4.82. The van der Waals surface area contributed by atoms with Gasteiger partial charge in [-0.05, 0) is 49.2 Å². The number of likely N-dealkylation sites (tertiary alicyclic amines) is 1. The highest BCUT2D eigenvalue weighted by Crippen LogP contribution is 2.33. The molecule has 5 heterocycles. The van der Waals surface area contributed by atoms with Crippen LogP contribution in [0.1, 0.15) is 5.89 Å². The molecule has 2 aliphatic rings. The number of oxazole rings is 1. The lowest BCUT2D eigenvalue weighted by Gasteiger charge is -2.20. The quantitative estimate of drug-likeness (QED) is 0.524. The standard InChI is InChI=1S/C22H22N6O/c1-13-24-19-7-14(3-6-20(19)29-13)17-4-5-18-22(25-17)26-21(8-23-18)28-11-15-9-27(2)10-16(15)12-28/h3-8,15-16H,9-12H2,1-2H3. The molecule has 29 heavy (non-hydrogen) atoms. The van der Waals surface area contributed by atoms with Crippen LogP contribution in [-0.2, 0) is 0 Å². The lowest BCUT2D eigenvalue weighted by molar-refractivity contribution is 0.387. The predicted octanol–water partition coefficient (Wildman–Crippen LogP) is 3.14. The molecule has 0 saturated carbocycles. The zero-order chi connectivity index (χ0) is 19.5. The van der Waals surface area contributed by atoms with Crippen LogP contribution in [0.15, 0.2) is 40.9 Å². The molecule has 6 rings (SSSR count). The zero-order valence-corrected chi connectivity index (χ0v) is 16.5. The van der Waals surface area contributed by atoms with Crippen LogP contribution in [0.3, 0.4) is 0 Å². The second-order valence-electron chi connectivity index (χ2n) is 8.33. The molecule has 2 fully saturated rings. The first-order chi connectivity index (χ1) is 14.1. The van der Waals surface area contributed by atoms with Crippen molar-refractivity contribution in [3.8, 4) is 11.3 Å². The van der Waals surface area contributed by atoms with Crippen molar-refractivity contribution >= 4 is 28.1 Å². The highest BCUT2D eigenvalue weighted by atomic mass is 16.3. The summed E-state index contributed by atoms with van der Waals surface area (Å²) in [7, 11) is 2.21. The van der Waals surface area contributed by atoms with E-state index in [9.17, 15) is 0 Å². The van der Waals surface area contributed by atoms with E-state index in [0.717, 1.165) is 58.6 Å². The van der Waals surface area contributed by atoms with E-state index in [1.807, 2.05) is 43.5 Å². The highest BCUT2D eigenvalue weighted by molar-refractivity contribution is 5.81. The van der Waals surface area contributed by atoms with Gasteiger partial charge in [-0.1, -0.05) is 0 Å². The number of hydrogen-bond donors (Lipinski definition) is 0. The van der Waals surface area contributed by atoms with Gasteiger partial charge < -0.3 is 14.2 Å². The third-order valence-corrected chi connectivity index (χ3v) is 6.18. The maximum Gasteiger partial charge on any atom is 0.192 e. The Kier molecular flexibility index (Phi) is 3.61. The van der Waals surface area contributed by atoms with Crippen LogP contribution in [0, 0.1) is 18.8 Å². The van der Waals surface area contributed by atoms with Gasteiger partial charge in [-0.2, -0.15) is 0 Å². The Morgan fingerprint density at radius 1 is 0.931 bits per heavy atom. The summed E-state index contributed by atoms with van der Waals surface area (Å²) in [6, 6.07) is 9.94. The first-order valence-corrected chi connectivity index (χ1v) is 10.1. The number of fused-ring (bicyclic) bond motifs is 3. The normalized spacial score (nSPS) is 22.1. The first kappa shape index (κ1) is 16.9. The number of aromatic nitrogens is 4. The molecule has 2 unspecified atom stereocenters. The second kappa shape index (κ2) is 6.22. The van der Waals surface area contributed by atoms with Gasteiger partial charge in [0.15, 0.2) is 17.1 Å². The van der Waals surface area contributed by atoms with Crippen molar-refractivity contribution in [1.29, 1.82) is 0 Å². The molecule has 0 amide bonds. The number of benzene rings is 1. The molecule has 0 radical (unpaired) electrons. The summed E-state index contributed by atoms with van der Waals surface area (Å²) in [4.78, 5) is 23.5. The van der Waals surface area contributed by atoms with E-state index >= 15 is 0 Å². The molecule has 4 aromatic rings. The zero-order valence-electron chi connectivity index (χ0n) is 16.5. The maximum absolute atomic E-state index is 5.58. The van der Waals surface area contributed by atoms with Crippen molar-refractivity contribution in [2.45, 2.75) is 6.92 Å². The minimum Gasteiger partial charge on any atom is -0.441 e. The predicted molar refractivity (Wildman–Crippen MR) is 112 cm³/mol. The minimum atomic E-state index is 0.667. The first-order valence-electron chi connectivity index (χ1n) is 10.1. The average molecular weight is 386 g/mol. The number of nitrogens with zero attached hydrogens (tertiary/aromatic N) is 6. The van der Waals surface area contributed by atoms with Gasteiger partial charge in [-0.3, -0.25) is 0 Å². The molecule has 2 saturated heterocycles. The molecule has 2 aliphatic heterocycles. The van der Waals surface area contributed by atoms with Gasteiger partial charge in [0.2, 0.25) is 0 Å². The molecular formula is C22H22N6O. The van der Waals surface area contributed by atoms with Crippen molar-refractivity contribution < 1.29 is 4.42 Å². The average Bonchev–Trinajstić information content (AvgIpc) is 3.37. The van der Waals surface area contributed by atoms with Crippen LogP contribution in [0.25, 0.3) is 33.5 Å². The molecule has 7 heteroatoms. The molecule has 0 spiro atoms. The molecule has 0 N–H and O–H groups in total. The number of rotatable bonds is 2. The fourth-order valence-electron chi connectivity index (χ4n) is 4.82. The van der Waals surface area contributed by atoms with Gasteiger partial charge in [0.05, 0.1) is 11.9 Å². The van der Waals surface area contributed by atoms with Gasteiger partial charge in [-0.25, -0.2) is 19.9 Å². The summed E-state index contributed by atoms with van der Waals surface area (Å²) in [5, 5.41) is 0. The van der Waals surface area contributed by atoms with Crippen LogP contribution in [0.5, 0.6) is 0 Å². The fraction of sp³-hybridized carbons (Fsp3) is 0.364. The molecular weight excluding hydrogens is 364 g/mol. The van der Waals surface area contributed by atoms with Crippen molar-refractivity contribution in [2.75, 3.05) is 38.1 Å². The molecule has 1 aromatic carbocycles. The van der Waals surface area contributed by atoms with Crippen molar-refractivity contribution in [2.24, 2.45) is 11.8 Å². The Morgan fingerprint density at radius 3 is 2.59 bits per heavy atom. The Hall–Kier alpha value is -3.06. The summed E-state index contributed by atoms with van der Waals surface area (Å²) in [6.07, 6.45) is 1.89. The van der Waals surface area contributed by atoms with E-state index in [4.69, 9.17) is 14.4 Å². The van der Waals surface area contributed by atoms with Gasteiger partial charge in [0.1, 0.15) is 16.9 Å².